The molecule has 11 heavy (non-hydrogen) atoms. The highest BCUT2D eigenvalue weighted by Crippen LogP contribution is 2.38. The topological polar surface area (TPSA) is 0 Å². The molecule has 0 aromatic carbocycles. The molecule has 0 fully saturated rings. The van der Waals surface area contributed by atoms with Crippen LogP contribution in [-0.4, -0.2) is 0 Å². The lowest BCUT2D eigenvalue weighted by molar-refractivity contribution is 0.538. The average molecular weight is 154 g/mol. The van der Waals surface area contributed by atoms with E-state index in [0.717, 1.165) is 12.0 Å². The van der Waals surface area contributed by atoms with E-state index in [1.54, 1.807) is 0 Å². The smallest absolute Gasteiger partial charge is 0.110 e. The van der Waals surface area contributed by atoms with Crippen molar-refractivity contribution in [2.24, 2.45) is 5.92 Å². The van der Waals surface area contributed by atoms with E-state index in [9.17, 15) is 4.39 Å². The first kappa shape index (κ1) is 8.51. The van der Waals surface area contributed by atoms with Gasteiger partial charge in [-0.1, -0.05) is 19.4 Å². The van der Waals surface area contributed by atoms with E-state index in [0.29, 0.717) is 0 Å². The van der Waals surface area contributed by atoms with Crippen molar-refractivity contribution in [1.82, 2.24) is 0 Å². The summed E-state index contributed by atoms with van der Waals surface area (Å²) in [5.74, 6) is 0.101. The average Bonchev–Trinajstić information content (AvgIpc) is 2.17. The second-order valence-electron chi connectivity index (χ2n) is 3.21. The third kappa shape index (κ3) is 1.13. The first-order valence-electron chi connectivity index (χ1n) is 4.15. The summed E-state index contributed by atoms with van der Waals surface area (Å²) in [5, 5.41) is 0. The van der Waals surface area contributed by atoms with E-state index in [4.69, 9.17) is 0 Å². The van der Waals surface area contributed by atoms with Crippen molar-refractivity contribution in [3.8, 4) is 0 Å². The Morgan fingerprint density at radius 1 is 1.36 bits per heavy atom. The van der Waals surface area contributed by atoms with Gasteiger partial charge in [0.1, 0.15) is 5.83 Å². The zero-order valence-corrected chi connectivity index (χ0v) is 7.66. The molecule has 0 saturated carbocycles. The summed E-state index contributed by atoms with van der Waals surface area (Å²) in [6, 6.07) is 0. The van der Waals surface area contributed by atoms with Crippen molar-refractivity contribution in [1.29, 1.82) is 0 Å². The minimum atomic E-state index is 0.0324. The van der Waals surface area contributed by atoms with Gasteiger partial charge in [-0.3, -0.25) is 0 Å². The molecule has 1 heteroatoms. The lowest BCUT2D eigenvalue weighted by atomic mass is 10.0. The van der Waals surface area contributed by atoms with Gasteiger partial charge in [-0.25, -0.2) is 4.39 Å². The summed E-state index contributed by atoms with van der Waals surface area (Å²) >= 11 is 0. The molecule has 0 N–H and O–H groups in total. The quantitative estimate of drug-likeness (QED) is 0.541. The normalized spacial score (nSPS) is 25.4. The summed E-state index contributed by atoms with van der Waals surface area (Å²) in [7, 11) is 0. The van der Waals surface area contributed by atoms with E-state index in [1.807, 2.05) is 20.8 Å². The van der Waals surface area contributed by atoms with Crippen LogP contribution in [-0.2, 0) is 0 Å². The molecule has 0 aliphatic heterocycles. The minimum Gasteiger partial charge on any atom is -0.211 e. The van der Waals surface area contributed by atoms with E-state index in [1.165, 1.54) is 11.1 Å². The molecule has 0 amide bonds. The van der Waals surface area contributed by atoms with Crippen LogP contribution in [0.1, 0.15) is 34.1 Å². The lowest BCUT2D eigenvalue weighted by Gasteiger charge is -2.03. The van der Waals surface area contributed by atoms with Crippen molar-refractivity contribution in [3.05, 3.63) is 22.5 Å². The predicted octanol–water partition coefficient (Wildman–Crippen LogP) is 3.61. The van der Waals surface area contributed by atoms with Gasteiger partial charge in [0.2, 0.25) is 0 Å². The molecular formula is C10H15F. The van der Waals surface area contributed by atoms with Gasteiger partial charge in [0.25, 0.3) is 0 Å². The summed E-state index contributed by atoms with van der Waals surface area (Å²) in [6.45, 7) is 7.91. The molecule has 1 atom stereocenters. The fourth-order valence-electron chi connectivity index (χ4n) is 1.76. The highest BCUT2D eigenvalue weighted by atomic mass is 19.1. The number of allylic oxidation sites excluding steroid dienone is 4. The maximum Gasteiger partial charge on any atom is 0.110 e. The predicted molar refractivity (Wildman–Crippen MR) is 46.0 cm³/mol. The summed E-state index contributed by atoms with van der Waals surface area (Å²) < 4.78 is 13.2. The molecule has 1 unspecified atom stereocenters. The first-order chi connectivity index (χ1) is 5.09. The summed E-state index contributed by atoms with van der Waals surface area (Å²) in [6.07, 6.45) is 0.954. The highest BCUT2D eigenvalue weighted by molar-refractivity contribution is 5.44. The molecule has 0 heterocycles. The van der Waals surface area contributed by atoms with E-state index in [2.05, 4.69) is 6.92 Å². The van der Waals surface area contributed by atoms with Gasteiger partial charge in [0.15, 0.2) is 0 Å². The molecule has 1 rings (SSSR count). The lowest BCUT2D eigenvalue weighted by Crippen LogP contribution is -1.91. The van der Waals surface area contributed by atoms with Crippen molar-refractivity contribution in [2.45, 2.75) is 34.1 Å². The Morgan fingerprint density at radius 3 is 2.09 bits per heavy atom. The van der Waals surface area contributed by atoms with Gasteiger partial charge >= 0.3 is 0 Å². The SMILES string of the molecule is CCC1=C(C)C(C)C(F)=C1C. The Kier molecular flexibility index (Phi) is 2.17. The van der Waals surface area contributed by atoms with Crippen molar-refractivity contribution >= 4 is 0 Å². The molecule has 0 aromatic rings. The second-order valence-corrected chi connectivity index (χ2v) is 3.21. The van der Waals surface area contributed by atoms with Gasteiger partial charge < -0.3 is 0 Å². The molecule has 62 valence electrons. The Labute approximate surface area is 67.8 Å². The van der Waals surface area contributed by atoms with E-state index >= 15 is 0 Å². The molecule has 1 aliphatic rings. The maximum atomic E-state index is 13.2. The molecule has 0 aromatic heterocycles. The molecule has 0 saturated heterocycles. The van der Waals surface area contributed by atoms with Gasteiger partial charge in [0, 0.05) is 5.92 Å². The van der Waals surface area contributed by atoms with Crippen LogP contribution in [0.5, 0.6) is 0 Å². The second kappa shape index (κ2) is 2.80. The summed E-state index contributed by atoms with van der Waals surface area (Å²) in [4.78, 5) is 0. The summed E-state index contributed by atoms with van der Waals surface area (Å²) in [5.41, 5.74) is 3.30. The van der Waals surface area contributed by atoms with Crippen LogP contribution in [0.2, 0.25) is 0 Å². The van der Waals surface area contributed by atoms with Crippen LogP contribution in [0.25, 0.3) is 0 Å². The van der Waals surface area contributed by atoms with Crippen LogP contribution < -0.4 is 0 Å². The Balaban J connectivity index is 3.07. The molecular weight excluding hydrogens is 139 g/mol. The van der Waals surface area contributed by atoms with Crippen LogP contribution in [0.3, 0.4) is 0 Å². The highest BCUT2D eigenvalue weighted by Gasteiger charge is 2.24. The fourth-order valence-corrected chi connectivity index (χ4v) is 1.76. The van der Waals surface area contributed by atoms with Crippen LogP contribution in [0.15, 0.2) is 22.5 Å². The molecule has 0 spiro atoms. The van der Waals surface area contributed by atoms with E-state index in [-0.39, 0.29) is 11.7 Å². The monoisotopic (exact) mass is 154 g/mol. The standard InChI is InChI=1S/C10H15F/c1-5-9-6(2)7(3)10(11)8(9)4/h7H,5H2,1-4H3. The Hall–Kier alpha value is -0.590. The molecule has 0 nitrogen and oxygen atoms in total. The van der Waals surface area contributed by atoms with Crippen LogP contribution in [0, 0.1) is 5.92 Å². The maximum absolute atomic E-state index is 13.2. The van der Waals surface area contributed by atoms with Crippen molar-refractivity contribution in [3.63, 3.8) is 0 Å². The number of halogens is 1. The third-order valence-electron chi connectivity index (χ3n) is 2.67. The largest absolute Gasteiger partial charge is 0.211 e. The zero-order valence-electron chi connectivity index (χ0n) is 7.66. The fraction of sp³-hybridized carbons (Fsp3) is 0.600. The molecule has 1 aliphatic carbocycles. The molecule has 0 bridgehead atoms. The van der Waals surface area contributed by atoms with Gasteiger partial charge in [-0.2, -0.15) is 0 Å². The number of rotatable bonds is 1. The Bertz CT molecular complexity index is 233. The third-order valence-corrected chi connectivity index (χ3v) is 2.67. The minimum absolute atomic E-state index is 0.0324. The van der Waals surface area contributed by atoms with Crippen LogP contribution >= 0.6 is 0 Å². The van der Waals surface area contributed by atoms with Gasteiger partial charge in [-0.15, -0.1) is 0 Å². The van der Waals surface area contributed by atoms with Crippen molar-refractivity contribution in [2.75, 3.05) is 0 Å². The number of hydrogen-bond donors (Lipinski definition) is 0. The number of hydrogen-bond acceptors (Lipinski definition) is 0. The van der Waals surface area contributed by atoms with Gasteiger partial charge in [-0.05, 0) is 31.4 Å². The van der Waals surface area contributed by atoms with Crippen molar-refractivity contribution < 1.29 is 4.39 Å². The van der Waals surface area contributed by atoms with Gasteiger partial charge in [0.05, 0.1) is 0 Å². The van der Waals surface area contributed by atoms with Crippen LogP contribution in [0.4, 0.5) is 4.39 Å². The zero-order chi connectivity index (χ0) is 8.59. The van der Waals surface area contributed by atoms with E-state index < -0.39 is 0 Å². The molecule has 0 radical (unpaired) electrons. The first-order valence-corrected chi connectivity index (χ1v) is 4.15. The Morgan fingerprint density at radius 2 is 1.91 bits per heavy atom.